The van der Waals surface area contributed by atoms with Crippen molar-refractivity contribution >= 4 is 41.8 Å². The SMILES string of the molecule is BNCC(=O)N1C[C@H](OC(=O)N2Cc3cccc(F)c3C2)C[C@H]1C(=O)N[C@]1(C(=O)NS(=O)(=O)C2CC2)C[C@H]1C=C. The molecule has 0 spiro atoms. The number of sulfonamides is 1. The summed E-state index contributed by atoms with van der Waals surface area (Å²) in [6, 6.07) is 3.56. The Kier molecular flexibility index (Phi) is 7.38. The molecule has 3 fully saturated rings. The van der Waals surface area contributed by atoms with Crippen LogP contribution in [0.2, 0.25) is 0 Å². The monoisotopic (exact) mass is 575 g/mol. The molecule has 0 unspecified atom stereocenters. The minimum absolute atomic E-state index is 0.0288. The first-order valence-electron chi connectivity index (χ1n) is 13.2. The van der Waals surface area contributed by atoms with Gasteiger partial charge in [0, 0.05) is 24.4 Å². The van der Waals surface area contributed by atoms with Crippen molar-refractivity contribution in [3.8, 4) is 0 Å². The predicted octanol–water partition coefficient (Wildman–Crippen LogP) is -0.946. The number of nitrogens with zero attached hydrogens (tertiary/aromatic N) is 2. The number of ether oxygens (including phenoxy) is 1. The van der Waals surface area contributed by atoms with E-state index in [9.17, 15) is 32.0 Å². The summed E-state index contributed by atoms with van der Waals surface area (Å²) in [7, 11) is -2.27. The van der Waals surface area contributed by atoms with E-state index in [0.717, 1.165) is 0 Å². The zero-order chi connectivity index (χ0) is 28.8. The van der Waals surface area contributed by atoms with Gasteiger partial charge in [-0.1, -0.05) is 18.2 Å². The van der Waals surface area contributed by atoms with Gasteiger partial charge in [-0.3, -0.25) is 24.0 Å². The van der Waals surface area contributed by atoms with E-state index in [2.05, 4.69) is 21.8 Å². The Morgan fingerprint density at radius 3 is 2.60 bits per heavy atom. The Bertz CT molecular complexity index is 1370. The fourth-order valence-corrected chi connectivity index (χ4v) is 6.77. The van der Waals surface area contributed by atoms with E-state index in [1.54, 1.807) is 20.1 Å². The van der Waals surface area contributed by atoms with Crippen LogP contribution in [-0.4, -0.2) is 86.0 Å². The van der Waals surface area contributed by atoms with Crippen LogP contribution >= 0.6 is 0 Å². The lowest BCUT2D eigenvalue weighted by Gasteiger charge is -2.26. The molecule has 214 valence electrons. The average molecular weight is 575 g/mol. The quantitative estimate of drug-likeness (QED) is 0.252. The third-order valence-electron chi connectivity index (χ3n) is 7.91. The van der Waals surface area contributed by atoms with Crippen LogP contribution in [0.3, 0.4) is 0 Å². The second-order valence-corrected chi connectivity index (χ2v) is 12.7. The highest BCUT2D eigenvalue weighted by Crippen LogP contribution is 2.45. The fraction of sp³-hybridized carbons (Fsp3) is 0.520. The molecular weight excluding hydrogens is 544 g/mol. The summed E-state index contributed by atoms with van der Waals surface area (Å²) in [5, 5.41) is 4.79. The van der Waals surface area contributed by atoms with Gasteiger partial charge in [-0.25, -0.2) is 17.6 Å². The first-order chi connectivity index (χ1) is 19.0. The fourth-order valence-electron chi connectivity index (χ4n) is 5.41. The molecule has 5 rings (SSSR count). The topological polar surface area (TPSA) is 154 Å². The average Bonchev–Trinajstić information content (AvgIpc) is 3.79. The Morgan fingerprint density at radius 1 is 1.23 bits per heavy atom. The lowest BCUT2D eigenvalue weighted by Crippen LogP contribution is -2.57. The predicted molar refractivity (Wildman–Crippen MR) is 142 cm³/mol. The maximum absolute atomic E-state index is 14.1. The normalized spacial score (nSPS) is 27.1. The van der Waals surface area contributed by atoms with Crippen LogP contribution in [0.5, 0.6) is 0 Å². The Labute approximate surface area is 232 Å². The molecule has 1 aromatic carbocycles. The van der Waals surface area contributed by atoms with Crippen LogP contribution < -0.4 is 15.3 Å². The van der Waals surface area contributed by atoms with Crippen LogP contribution in [0, 0.1) is 11.7 Å². The van der Waals surface area contributed by atoms with E-state index in [1.165, 1.54) is 21.9 Å². The van der Waals surface area contributed by atoms with Crippen LogP contribution in [0.1, 0.15) is 36.8 Å². The Morgan fingerprint density at radius 2 is 1.98 bits per heavy atom. The third-order valence-corrected chi connectivity index (χ3v) is 9.73. The van der Waals surface area contributed by atoms with E-state index in [4.69, 9.17) is 4.74 Å². The van der Waals surface area contributed by atoms with Crippen molar-refractivity contribution in [3.05, 3.63) is 47.8 Å². The first-order valence-corrected chi connectivity index (χ1v) is 14.7. The lowest BCUT2D eigenvalue weighted by molar-refractivity contribution is -0.139. The molecule has 0 radical (unpaired) electrons. The van der Waals surface area contributed by atoms with Crippen LogP contribution in [-0.2, 0) is 42.2 Å². The van der Waals surface area contributed by atoms with Gasteiger partial charge in [0.25, 0.3) is 5.91 Å². The lowest BCUT2D eigenvalue weighted by atomic mass is 10.1. The number of amides is 4. The van der Waals surface area contributed by atoms with E-state index in [-0.39, 0.29) is 39.0 Å². The minimum atomic E-state index is -3.84. The van der Waals surface area contributed by atoms with Crippen molar-refractivity contribution in [3.63, 3.8) is 0 Å². The first kappa shape index (κ1) is 28.1. The number of benzene rings is 1. The number of fused-ring (bicyclic) bond motifs is 1. The zero-order valence-corrected chi connectivity index (χ0v) is 22.8. The van der Waals surface area contributed by atoms with Gasteiger partial charge >= 0.3 is 6.09 Å². The standard InChI is InChI=1S/C25H31BFN5O7S/c1-2-15-9-25(15,23(35)30-40(37,38)17-6-7-17)29-22(34)20-8-16(12-32(20)21(33)10-28-26)39-24(36)31-11-14-4-3-5-19(27)18(14)13-31/h2-5,15-17,20,28H,1,6-13,26H2,(H,29,34)(H,30,35)/t15-,16-,20+,25-/m1/s1. The number of carbonyl (C=O) groups is 4. The van der Waals surface area contributed by atoms with E-state index >= 15 is 0 Å². The molecule has 40 heavy (non-hydrogen) atoms. The highest BCUT2D eigenvalue weighted by Gasteiger charge is 2.62. The summed E-state index contributed by atoms with van der Waals surface area (Å²) in [6.45, 7) is 3.77. The molecule has 4 aliphatic rings. The van der Waals surface area contributed by atoms with Gasteiger partial charge in [0.15, 0.2) is 7.98 Å². The van der Waals surface area contributed by atoms with Crippen molar-refractivity contribution in [2.24, 2.45) is 5.92 Å². The highest BCUT2D eigenvalue weighted by atomic mass is 32.2. The molecular formula is C25H31BFN5O7S. The molecule has 0 bridgehead atoms. The molecule has 15 heteroatoms. The Balaban J connectivity index is 1.27. The minimum Gasteiger partial charge on any atom is -0.444 e. The molecule has 4 atom stereocenters. The maximum Gasteiger partial charge on any atom is 0.410 e. The summed E-state index contributed by atoms with van der Waals surface area (Å²) in [4.78, 5) is 54.9. The summed E-state index contributed by atoms with van der Waals surface area (Å²) in [5.41, 5.74) is -0.402. The highest BCUT2D eigenvalue weighted by molar-refractivity contribution is 7.91. The summed E-state index contributed by atoms with van der Waals surface area (Å²) in [5.74, 6) is -2.81. The number of hydrogen-bond donors (Lipinski definition) is 3. The van der Waals surface area contributed by atoms with Gasteiger partial charge in [0.05, 0.1) is 24.9 Å². The van der Waals surface area contributed by atoms with E-state index in [1.807, 2.05) is 0 Å². The van der Waals surface area contributed by atoms with Gasteiger partial charge in [0.2, 0.25) is 21.8 Å². The molecule has 4 amide bonds. The summed E-state index contributed by atoms with van der Waals surface area (Å²) >= 11 is 0. The van der Waals surface area contributed by atoms with Crippen LogP contribution in [0.15, 0.2) is 30.9 Å². The van der Waals surface area contributed by atoms with Crippen molar-refractivity contribution in [2.75, 3.05) is 13.1 Å². The molecule has 1 saturated heterocycles. The molecule has 1 aromatic rings. The Hall–Kier alpha value is -3.46. The van der Waals surface area contributed by atoms with Crippen LogP contribution in [0.4, 0.5) is 9.18 Å². The zero-order valence-electron chi connectivity index (χ0n) is 22.0. The number of rotatable bonds is 9. The molecule has 2 aliphatic carbocycles. The van der Waals surface area contributed by atoms with Gasteiger partial charge in [0.1, 0.15) is 23.5 Å². The second kappa shape index (κ2) is 10.5. The molecule has 2 saturated carbocycles. The molecule has 0 aromatic heterocycles. The van der Waals surface area contributed by atoms with Gasteiger partial charge < -0.3 is 20.2 Å². The maximum atomic E-state index is 14.1. The second-order valence-electron chi connectivity index (χ2n) is 10.7. The number of nitrogens with one attached hydrogen (secondary N) is 3. The van der Waals surface area contributed by atoms with Crippen molar-refractivity contribution in [1.29, 1.82) is 0 Å². The number of likely N-dealkylation sites (tertiary alicyclic amines) is 1. The summed E-state index contributed by atoms with van der Waals surface area (Å²) < 4.78 is 46.6. The third kappa shape index (κ3) is 5.31. The van der Waals surface area contributed by atoms with Crippen molar-refractivity contribution < 1.29 is 36.7 Å². The summed E-state index contributed by atoms with van der Waals surface area (Å²) in [6.07, 6.45) is 1.02. The van der Waals surface area contributed by atoms with E-state index in [0.29, 0.717) is 24.0 Å². The van der Waals surface area contributed by atoms with Gasteiger partial charge in [-0.05, 0) is 30.9 Å². The van der Waals surface area contributed by atoms with Gasteiger partial charge in [-0.15, -0.1) is 6.58 Å². The van der Waals surface area contributed by atoms with Crippen molar-refractivity contribution in [2.45, 2.75) is 61.7 Å². The molecule has 12 nitrogen and oxygen atoms in total. The number of carbonyl (C=O) groups excluding carboxylic acids is 4. The molecule has 3 N–H and O–H groups in total. The number of hydrogen-bond acceptors (Lipinski definition) is 8. The molecule has 2 heterocycles. The van der Waals surface area contributed by atoms with Crippen molar-refractivity contribution in [1.82, 2.24) is 25.1 Å². The van der Waals surface area contributed by atoms with E-state index < -0.39 is 68.5 Å². The smallest absolute Gasteiger partial charge is 0.410 e. The largest absolute Gasteiger partial charge is 0.444 e. The molecule has 2 aliphatic heterocycles. The van der Waals surface area contributed by atoms with Gasteiger partial charge in [-0.2, -0.15) is 0 Å². The number of halogens is 1. The van der Waals surface area contributed by atoms with Crippen LogP contribution in [0.25, 0.3) is 0 Å².